The van der Waals surface area contributed by atoms with Gasteiger partial charge in [-0.15, -0.1) is 65.7 Å². The number of benzene rings is 4. The van der Waals surface area contributed by atoms with E-state index in [1.54, 1.807) is 0 Å². The smallest absolute Gasteiger partial charge is 0.0163 e. The van der Waals surface area contributed by atoms with Crippen molar-refractivity contribution in [3.8, 4) is 33.6 Å². The van der Waals surface area contributed by atoms with Gasteiger partial charge in [-0.1, -0.05) is 116 Å². The molecule has 6 aromatic rings. The van der Waals surface area contributed by atoms with Gasteiger partial charge in [0.25, 0.3) is 0 Å². The Hall–Kier alpha value is -4.17. The van der Waals surface area contributed by atoms with E-state index in [-0.39, 0.29) is 25.5 Å². The minimum atomic E-state index is 0. The second-order valence-electron chi connectivity index (χ2n) is 11.6. The number of aromatic nitrogens is 2. The predicted molar refractivity (Wildman–Crippen MR) is 175 cm³/mol. The maximum atomic E-state index is 4.51. The Labute approximate surface area is 270 Å². The normalized spacial score (nSPS) is 10.7. The molecule has 1 radical (unpaired) electrons. The summed E-state index contributed by atoms with van der Waals surface area (Å²) in [6, 6.07) is 50.1. The molecular weight excluding hydrogens is 701 g/mol. The molecule has 217 valence electrons. The van der Waals surface area contributed by atoms with Crippen molar-refractivity contribution in [2.24, 2.45) is 5.41 Å². The van der Waals surface area contributed by atoms with Crippen molar-refractivity contribution in [1.29, 1.82) is 0 Å². The van der Waals surface area contributed by atoms with E-state index in [9.17, 15) is 0 Å². The van der Waals surface area contributed by atoms with Crippen molar-refractivity contribution in [2.75, 3.05) is 0 Å². The topological polar surface area (TPSA) is 25.8 Å². The van der Waals surface area contributed by atoms with Crippen LogP contribution in [0.25, 0.3) is 33.6 Å². The Kier molecular flexibility index (Phi) is 11.3. The molecule has 0 saturated carbocycles. The SMILES string of the molecule is CC(C)(C)Cc1ccnc(-c2[c-]cc(-c3ccccc3)cc2)c1.[Ir].[c-]1ccccc1-c1ncccc1Cc1ccccc1. The van der Waals surface area contributed by atoms with Gasteiger partial charge in [-0.25, -0.2) is 0 Å². The van der Waals surface area contributed by atoms with Crippen LogP contribution in [0, 0.1) is 17.5 Å². The first-order valence-electron chi connectivity index (χ1n) is 14.4. The zero-order valence-electron chi connectivity index (χ0n) is 24.9. The molecule has 0 aliphatic carbocycles. The van der Waals surface area contributed by atoms with E-state index in [4.69, 9.17) is 0 Å². The summed E-state index contributed by atoms with van der Waals surface area (Å²) in [5, 5.41) is 0. The number of pyridine rings is 2. The second kappa shape index (κ2) is 15.3. The summed E-state index contributed by atoms with van der Waals surface area (Å²) in [5.74, 6) is 0. The molecule has 6 rings (SSSR count). The van der Waals surface area contributed by atoms with Crippen LogP contribution >= 0.6 is 0 Å². The molecule has 43 heavy (non-hydrogen) atoms. The van der Waals surface area contributed by atoms with E-state index in [0.717, 1.165) is 35.4 Å². The Bertz CT molecular complexity index is 1670. The minimum Gasteiger partial charge on any atom is -0.305 e. The first-order chi connectivity index (χ1) is 20.4. The molecule has 3 heteroatoms. The first kappa shape index (κ1) is 31.8. The van der Waals surface area contributed by atoms with E-state index < -0.39 is 0 Å². The van der Waals surface area contributed by atoms with Gasteiger partial charge in [0.2, 0.25) is 0 Å². The number of hydrogen-bond donors (Lipinski definition) is 0. The van der Waals surface area contributed by atoms with Crippen LogP contribution < -0.4 is 0 Å². The van der Waals surface area contributed by atoms with Gasteiger partial charge in [0.1, 0.15) is 0 Å². The molecule has 0 atom stereocenters. The minimum absolute atomic E-state index is 0. The van der Waals surface area contributed by atoms with Gasteiger partial charge in [0, 0.05) is 32.5 Å². The van der Waals surface area contributed by atoms with Gasteiger partial charge in [0.15, 0.2) is 0 Å². The first-order valence-corrected chi connectivity index (χ1v) is 14.4. The molecule has 0 aliphatic heterocycles. The summed E-state index contributed by atoms with van der Waals surface area (Å²) in [6.45, 7) is 6.77. The van der Waals surface area contributed by atoms with E-state index in [0.29, 0.717) is 0 Å². The monoisotopic (exact) mass is 737 g/mol. The van der Waals surface area contributed by atoms with E-state index in [1.807, 2.05) is 54.9 Å². The van der Waals surface area contributed by atoms with Crippen molar-refractivity contribution in [3.63, 3.8) is 0 Å². The van der Waals surface area contributed by atoms with Gasteiger partial charge < -0.3 is 9.97 Å². The van der Waals surface area contributed by atoms with E-state index in [2.05, 4.69) is 128 Å². The largest absolute Gasteiger partial charge is 0.305 e. The van der Waals surface area contributed by atoms with Gasteiger partial charge in [-0.3, -0.25) is 0 Å². The summed E-state index contributed by atoms with van der Waals surface area (Å²) in [4.78, 5) is 9.02. The molecule has 2 heterocycles. The summed E-state index contributed by atoms with van der Waals surface area (Å²) in [7, 11) is 0. The van der Waals surface area contributed by atoms with Crippen molar-refractivity contribution in [1.82, 2.24) is 9.97 Å². The molecule has 0 bridgehead atoms. The summed E-state index contributed by atoms with van der Waals surface area (Å²) < 4.78 is 0. The van der Waals surface area contributed by atoms with Crippen molar-refractivity contribution in [3.05, 3.63) is 169 Å². The maximum Gasteiger partial charge on any atom is 0.0163 e. The van der Waals surface area contributed by atoms with Crippen LogP contribution in [-0.2, 0) is 32.9 Å². The van der Waals surface area contributed by atoms with Crippen LogP contribution in [0.4, 0.5) is 0 Å². The molecule has 0 amide bonds. The Morgan fingerprint density at radius 3 is 2.02 bits per heavy atom. The van der Waals surface area contributed by atoms with Crippen LogP contribution in [0.5, 0.6) is 0 Å². The molecule has 0 N–H and O–H groups in total. The van der Waals surface area contributed by atoms with Gasteiger partial charge in [-0.05, 0) is 47.3 Å². The van der Waals surface area contributed by atoms with Crippen molar-refractivity contribution in [2.45, 2.75) is 33.6 Å². The van der Waals surface area contributed by atoms with Crippen LogP contribution in [0.15, 0.2) is 140 Å². The molecule has 0 fully saturated rings. The maximum absolute atomic E-state index is 4.51. The van der Waals surface area contributed by atoms with E-state index >= 15 is 0 Å². The molecular formula is C40H36IrN2-2. The third-order valence-corrected chi connectivity index (χ3v) is 6.85. The molecule has 0 unspecified atom stereocenters. The number of rotatable bonds is 6. The molecule has 0 spiro atoms. The Balaban J connectivity index is 0.000000195. The molecule has 2 aromatic heterocycles. The van der Waals surface area contributed by atoms with Gasteiger partial charge in [-0.2, -0.15) is 0 Å². The van der Waals surface area contributed by atoms with Crippen molar-refractivity contribution >= 4 is 0 Å². The van der Waals surface area contributed by atoms with Gasteiger partial charge in [0.05, 0.1) is 0 Å². The van der Waals surface area contributed by atoms with Crippen LogP contribution in [0.2, 0.25) is 0 Å². The quantitative estimate of drug-likeness (QED) is 0.159. The molecule has 0 aliphatic rings. The third-order valence-electron chi connectivity index (χ3n) is 6.85. The molecule has 2 nitrogen and oxygen atoms in total. The second-order valence-corrected chi connectivity index (χ2v) is 11.6. The van der Waals surface area contributed by atoms with Crippen LogP contribution in [0.3, 0.4) is 0 Å². The Morgan fingerprint density at radius 2 is 1.35 bits per heavy atom. The van der Waals surface area contributed by atoms with Gasteiger partial charge >= 0.3 is 0 Å². The zero-order chi connectivity index (χ0) is 29.2. The molecule has 0 saturated heterocycles. The van der Waals surface area contributed by atoms with Crippen LogP contribution in [-0.4, -0.2) is 9.97 Å². The predicted octanol–water partition coefficient (Wildman–Crippen LogP) is 9.94. The van der Waals surface area contributed by atoms with Crippen LogP contribution in [0.1, 0.15) is 37.5 Å². The Morgan fingerprint density at radius 1 is 0.605 bits per heavy atom. The number of hydrogen-bond acceptors (Lipinski definition) is 2. The summed E-state index contributed by atoms with van der Waals surface area (Å²) >= 11 is 0. The fourth-order valence-corrected chi connectivity index (χ4v) is 4.92. The van der Waals surface area contributed by atoms with E-state index in [1.165, 1.54) is 27.8 Å². The zero-order valence-corrected chi connectivity index (χ0v) is 27.3. The fraction of sp³-hybridized carbons (Fsp3) is 0.150. The standard InChI is InChI=1S/C22H22N.C18H14N.Ir/c1-22(2,3)16-17-13-14-23-21(15-17)20-11-9-19(10-12-20)18-7-5-4-6-8-18;1-3-8-15(9-4-1)14-17-12-7-13-19-18(17)16-10-5-2-6-11-16;/h4-11,13-15H,16H2,1-3H3;1-10,12-13H,14H2;/q2*-1;. The summed E-state index contributed by atoms with van der Waals surface area (Å²) in [5.41, 5.74) is 10.6. The fourth-order valence-electron chi connectivity index (χ4n) is 4.92. The third kappa shape index (κ3) is 9.41. The average molecular weight is 737 g/mol. The van der Waals surface area contributed by atoms with Crippen molar-refractivity contribution < 1.29 is 20.1 Å². The summed E-state index contributed by atoms with van der Waals surface area (Å²) in [6.07, 6.45) is 5.68. The number of nitrogens with zero attached hydrogens (tertiary/aromatic N) is 2. The molecule has 4 aromatic carbocycles. The average Bonchev–Trinajstić information content (AvgIpc) is 3.02.